The molecule has 0 aromatic heterocycles. The second kappa shape index (κ2) is 8.06. The van der Waals surface area contributed by atoms with Crippen molar-refractivity contribution in [1.82, 2.24) is 0 Å². The van der Waals surface area contributed by atoms with E-state index in [-0.39, 0.29) is 0 Å². The number of hydrogen-bond acceptors (Lipinski definition) is 4. The second-order valence-corrected chi connectivity index (χ2v) is 20.0. The van der Waals surface area contributed by atoms with Crippen LogP contribution in [0.1, 0.15) is 12.8 Å². The summed E-state index contributed by atoms with van der Waals surface area (Å²) in [6.07, 6.45) is 1.98. The van der Waals surface area contributed by atoms with Crippen LogP contribution >= 0.6 is 0 Å². The third-order valence-electron chi connectivity index (χ3n) is 2.51. The molecule has 0 saturated carbocycles. The molecular weight excluding hydrogens is 288 g/mol. The van der Waals surface area contributed by atoms with Gasteiger partial charge in [-0.15, -0.1) is 0 Å². The minimum absolute atomic E-state index is 0.710. The van der Waals surface area contributed by atoms with E-state index in [1.54, 1.807) is 0 Å². The van der Waals surface area contributed by atoms with Crippen molar-refractivity contribution in [2.24, 2.45) is 11.5 Å². The van der Waals surface area contributed by atoms with Crippen LogP contribution in [0, 0.1) is 0 Å². The zero-order chi connectivity index (χ0) is 15.2. The van der Waals surface area contributed by atoms with Gasteiger partial charge in [-0.2, -0.15) is 0 Å². The summed E-state index contributed by atoms with van der Waals surface area (Å²) < 4.78 is 13.2. The van der Waals surface area contributed by atoms with E-state index in [9.17, 15) is 0 Å². The lowest BCUT2D eigenvalue weighted by Crippen LogP contribution is -2.54. The van der Waals surface area contributed by atoms with Crippen molar-refractivity contribution >= 4 is 25.2 Å². The van der Waals surface area contributed by atoms with Crippen molar-refractivity contribution in [2.75, 3.05) is 13.1 Å². The molecule has 0 aliphatic heterocycles. The molecule has 0 spiro atoms. The molecule has 0 saturated heterocycles. The van der Waals surface area contributed by atoms with Gasteiger partial charge in [-0.3, -0.25) is 0 Å². The van der Waals surface area contributed by atoms with Crippen LogP contribution in [0.4, 0.5) is 0 Å². The second-order valence-electron chi connectivity index (χ2n) is 7.12. The summed E-state index contributed by atoms with van der Waals surface area (Å²) in [5.74, 6) is 0. The monoisotopic (exact) mass is 322 g/mol. The largest absolute Gasteiger partial charge is 0.436 e. The van der Waals surface area contributed by atoms with Gasteiger partial charge in [-0.1, -0.05) is 0 Å². The Hall–Kier alpha value is 0.491. The minimum atomic E-state index is -2.14. The smallest absolute Gasteiger partial charge is 0.317 e. The molecule has 0 rings (SSSR count). The van der Waals surface area contributed by atoms with Gasteiger partial charge in [0.2, 0.25) is 0 Å². The van der Waals surface area contributed by atoms with Gasteiger partial charge in [0, 0.05) is 0 Å². The van der Waals surface area contributed by atoms with Gasteiger partial charge in [0.05, 0.1) is 0 Å². The summed E-state index contributed by atoms with van der Waals surface area (Å²) in [5.41, 5.74) is 11.4. The molecule has 0 radical (unpaired) electrons. The number of rotatable bonds is 10. The van der Waals surface area contributed by atoms with E-state index < -0.39 is 25.2 Å². The van der Waals surface area contributed by atoms with Gasteiger partial charge >= 0.3 is 8.56 Å². The average molecular weight is 323 g/mol. The number of nitrogens with two attached hydrogens (primary N) is 2. The van der Waals surface area contributed by atoms with Crippen molar-refractivity contribution in [3.8, 4) is 0 Å². The summed E-state index contributed by atoms with van der Waals surface area (Å²) in [7, 11) is -5.37. The van der Waals surface area contributed by atoms with Crippen LogP contribution in [-0.4, -0.2) is 38.3 Å². The first kappa shape index (κ1) is 19.5. The van der Waals surface area contributed by atoms with Gasteiger partial charge in [-0.25, -0.2) is 0 Å². The molecule has 4 N–H and O–H groups in total. The third-order valence-corrected chi connectivity index (χ3v) is 12.6. The Labute approximate surface area is 122 Å². The zero-order valence-corrected chi connectivity index (χ0v) is 16.7. The Balaban J connectivity index is 5.06. The highest BCUT2D eigenvalue weighted by Gasteiger charge is 2.43. The summed E-state index contributed by atoms with van der Waals surface area (Å²) in [4.78, 5) is 0. The normalized spacial score (nSPS) is 13.9. The van der Waals surface area contributed by atoms with Gasteiger partial charge in [0.15, 0.2) is 16.6 Å². The first-order valence-electron chi connectivity index (χ1n) is 7.34. The SMILES string of the molecule is C[Si](C)(C)O[Si](CCCN)(CCCN)O[Si](C)(C)C. The molecular formula is C12H34N2O2Si3. The third kappa shape index (κ3) is 9.94. The van der Waals surface area contributed by atoms with Gasteiger partial charge in [0.25, 0.3) is 0 Å². The Morgan fingerprint density at radius 2 is 1.00 bits per heavy atom. The molecule has 0 unspecified atom stereocenters. The highest BCUT2D eigenvalue weighted by atomic mass is 28.5. The van der Waals surface area contributed by atoms with E-state index in [1.165, 1.54) is 0 Å². The molecule has 0 aromatic carbocycles. The van der Waals surface area contributed by atoms with Crippen LogP contribution in [0.15, 0.2) is 0 Å². The highest BCUT2D eigenvalue weighted by Crippen LogP contribution is 2.29. The van der Waals surface area contributed by atoms with Crippen LogP contribution in [-0.2, 0) is 8.23 Å². The zero-order valence-electron chi connectivity index (χ0n) is 13.7. The van der Waals surface area contributed by atoms with Crippen LogP contribution in [0.2, 0.25) is 51.4 Å². The van der Waals surface area contributed by atoms with E-state index in [0.717, 1.165) is 24.9 Å². The molecule has 0 amide bonds. The Kier molecular flexibility index (Phi) is 8.27. The molecule has 19 heavy (non-hydrogen) atoms. The summed E-state index contributed by atoms with van der Waals surface area (Å²) in [5, 5.41) is 0. The molecule has 0 aromatic rings. The molecule has 0 aliphatic carbocycles. The van der Waals surface area contributed by atoms with E-state index in [2.05, 4.69) is 39.3 Å². The predicted octanol–water partition coefficient (Wildman–Crippen LogP) is 2.83. The van der Waals surface area contributed by atoms with E-state index in [0.29, 0.717) is 13.1 Å². The average Bonchev–Trinajstić information content (AvgIpc) is 2.19. The quantitative estimate of drug-likeness (QED) is 0.607. The van der Waals surface area contributed by atoms with Crippen molar-refractivity contribution in [2.45, 2.75) is 64.2 Å². The highest BCUT2D eigenvalue weighted by molar-refractivity contribution is 6.88. The Bertz CT molecular complexity index is 226. The van der Waals surface area contributed by atoms with E-state index in [4.69, 9.17) is 19.7 Å². The van der Waals surface area contributed by atoms with Gasteiger partial charge < -0.3 is 19.7 Å². The molecule has 0 fully saturated rings. The molecule has 0 heterocycles. The van der Waals surface area contributed by atoms with E-state index >= 15 is 0 Å². The summed E-state index contributed by atoms with van der Waals surface area (Å²) >= 11 is 0. The molecule has 0 atom stereocenters. The maximum absolute atomic E-state index is 6.58. The van der Waals surface area contributed by atoms with Crippen molar-refractivity contribution in [1.29, 1.82) is 0 Å². The Morgan fingerprint density at radius 3 is 1.21 bits per heavy atom. The van der Waals surface area contributed by atoms with Crippen molar-refractivity contribution in [3.63, 3.8) is 0 Å². The van der Waals surface area contributed by atoms with Gasteiger partial charge in [-0.05, 0) is 77.3 Å². The molecule has 4 nitrogen and oxygen atoms in total. The van der Waals surface area contributed by atoms with Crippen LogP contribution in [0.5, 0.6) is 0 Å². The maximum atomic E-state index is 6.58. The molecule has 0 aliphatic rings. The fraction of sp³-hybridized carbons (Fsp3) is 1.00. The van der Waals surface area contributed by atoms with Crippen molar-refractivity contribution in [3.05, 3.63) is 0 Å². The molecule has 116 valence electrons. The predicted molar refractivity (Wildman–Crippen MR) is 91.6 cm³/mol. The first-order valence-corrected chi connectivity index (χ1v) is 16.4. The van der Waals surface area contributed by atoms with Crippen LogP contribution in [0.25, 0.3) is 0 Å². The van der Waals surface area contributed by atoms with Crippen LogP contribution < -0.4 is 11.5 Å². The molecule has 0 bridgehead atoms. The fourth-order valence-electron chi connectivity index (χ4n) is 2.21. The minimum Gasteiger partial charge on any atom is -0.436 e. The lowest BCUT2D eigenvalue weighted by molar-refractivity contribution is 0.368. The lowest BCUT2D eigenvalue weighted by atomic mass is 10.5. The molecule has 7 heteroatoms. The standard InChI is InChI=1S/C12H34N2O2Si3/c1-17(2,3)15-19(11-7-9-13,12-8-10-14)16-18(4,5)6/h7-14H2,1-6H3. The first-order chi connectivity index (χ1) is 8.54. The summed E-state index contributed by atoms with van der Waals surface area (Å²) in [6.45, 7) is 14.9. The van der Waals surface area contributed by atoms with Gasteiger partial charge in [0.1, 0.15) is 0 Å². The topological polar surface area (TPSA) is 70.5 Å². The van der Waals surface area contributed by atoms with E-state index in [1.807, 2.05) is 0 Å². The van der Waals surface area contributed by atoms with Crippen LogP contribution in [0.3, 0.4) is 0 Å². The Morgan fingerprint density at radius 1 is 0.684 bits per heavy atom. The number of hydrogen-bond donors (Lipinski definition) is 2. The lowest BCUT2D eigenvalue weighted by Gasteiger charge is -2.41. The van der Waals surface area contributed by atoms with Crippen molar-refractivity contribution < 1.29 is 8.23 Å². The fourth-order valence-corrected chi connectivity index (χ4v) is 15.0. The summed E-state index contributed by atoms with van der Waals surface area (Å²) in [6, 6.07) is 2.02. The maximum Gasteiger partial charge on any atom is 0.317 e.